The fourth-order valence-corrected chi connectivity index (χ4v) is 11.3. The van der Waals surface area contributed by atoms with E-state index in [1.54, 1.807) is 76.2 Å². The Bertz CT molecular complexity index is 2330. The van der Waals surface area contributed by atoms with Crippen molar-refractivity contribution in [1.29, 1.82) is 0 Å². The zero-order valence-corrected chi connectivity index (χ0v) is 33.7. The van der Waals surface area contributed by atoms with Crippen LogP contribution in [0, 0.1) is 0 Å². The molecule has 2 aromatic carbocycles. The first-order chi connectivity index (χ1) is 29.8. The summed E-state index contributed by atoms with van der Waals surface area (Å²) in [5, 5.41) is 18.8. The highest BCUT2D eigenvalue weighted by Gasteiger charge is 2.66. The minimum atomic E-state index is -3.30. The third kappa shape index (κ3) is 7.25. The molecule has 0 bridgehead atoms. The molecule has 0 aliphatic carbocycles. The molecule has 7 rings (SSSR count). The van der Waals surface area contributed by atoms with Gasteiger partial charge in [0.25, 0.3) is 0 Å². The lowest BCUT2D eigenvalue weighted by Gasteiger charge is -2.45. The van der Waals surface area contributed by atoms with Gasteiger partial charge in [-0.05, 0) is 45.7 Å². The van der Waals surface area contributed by atoms with Crippen LogP contribution < -0.4 is 21.3 Å². The molecule has 2 aromatic rings. The molecule has 5 aliphatic rings. The minimum absolute atomic E-state index is 0.211. The van der Waals surface area contributed by atoms with Crippen molar-refractivity contribution in [3.05, 3.63) is 71.8 Å². The molecule has 20 heteroatoms. The Labute approximate surface area is 354 Å². The molecule has 59 heavy (non-hydrogen) atoms. The minimum Gasteiger partial charge on any atom is -0.480 e. The van der Waals surface area contributed by atoms with Crippen LogP contribution in [0.15, 0.2) is 60.7 Å². The average Bonchev–Trinajstić information content (AvgIpc) is 3.64. The fourth-order valence-electron chi connectivity index (χ4n) is 8.04. The lowest BCUT2D eigenvalue weighted by Crippen LogP contribution is -2.72. The van der Waals surface area contributed by atoms with E-state index in [4.69, 9.17) is 6.85 Å². The number of imide groups is 1. The largest absolute Gasteiger partial charge is 0.480 e. The van der Waals surface area contributed by atoms with Crippen LogP contribution in [0.3, 0.4) is 0 Å². The summed E-state index contributed by atoms with van der Waals surface area (Å²) in [6, 6.07) is 7.25. The quantitative estimate of drug-likeness (QED) is 0.150. The molecule has 18 nitrogen and oxygen atoms in total. The van der Waals surface area contributed by atoms with E-state index in [0.29, 0.717) is 10.5 Å². The van der Waals surface area contributed by atoms with E-state index >= 15 is 0 Å². The van der Waals surface area contributed by atoms with Gasteiger partial charge < -0.3 is 41.1 Å². The highest BCUT2D eigenvalue weighted by Crippen LogP contribution is 2.52. The summed E-state index contributed by atoms with van der Waals surface area (Å²) >= 11 is 2.44. The summed E-state index contributed by atoms with van der Waals surface area (Å²) in [6.45, 7) is -0.956. The van der Waals surface area contributed by atoms with Gasteiger partial charge in [0.2, 0.25) is 29.5 Å². The molecule has 0 saturated carbocycles. The van der Waals surface area contributed by atoms with Gasteiger partial charge in [-0.15, -0.1) is 23.5 Å². The van der Waals surface area contributed by atoms with Crippen LogP contribution in [0.2, 0.25) is 0 Å². The summed E-state index contributed by atoms with van der Waals surface area (Å²) in [5.74, 6) is -7.87. The Morgan fingerprint density at radius 1 is 0.746 bits per heavy atom. The van der Waals surface area contributed by atoms with Gasteiger partial charge in [-0.2, -0.15) is 0 Å². The molecule has 0 unspecified atom stereocenters. The monoisotopic (exact) mass is 853 g/mol. The summed E-state index contributed by atoms with van der Waals surface area (Å²) in [7, 11) is 0. The van der Waals surface area contributed by atoms with Crippen molar-refractivity contribution in [2.75, 3.05) is 19.6 Å². The zero-order valence-electron chi connectivity index (χ0n) is 37.0. The maximum Gasteiger partial charge on any atom is 0.327 e. The van der Waals surface area contributed by atoms with Crippen molar-refractivity contribution < 1.29 is 55.1 Å². The van der Waals surface area contributed by atoms with Crippen LogP contribution in [0.25, 0.3) is 0 Å². The maximum atomic E-state index is 14.3. The lowest BCUT2D eigenvalue weighted by molar-refractivity contribution is -0.161. The molecule has 0 spiro atoms. The van der Waals surface area contributed by atoms with Gasteiger partial charge in [0.05, 0.1) is 0 Å². The molecule has 9 amide bonds. The van der Waals surface area contributed by atoms with Gasteiger partial charge in [0.1, 0.15) is 47.0 Å². The van der Waals surface area contributed by atoms with Gasteiger partial charge in [0.15, 0.2) is 0 Å². The highest BCUT2D eigenvalue weighted by atomic mass is 32.2. The molecule has 5 aliphatic heterocycles. The van der Waals surface area contributed by atoms with E-state index in [-0.39, 0.29) is 10.5 Å². The van der Waals surface area contributed by atoms with Crippen molar-refractivity contribution in [2.24, 2.45) is 0 Å². The van der Waals surface area contributed by atoms with E-state index in [1.165, 1.54) is 45.5 Å². The van der Waals surface area contributed by atoms with Crippen molar-refractivity contribution in [3.8, 4) is 0 Å². The van der Waals surface area contributed by atoms with Gasteiger partial charge in [0, 0.05) is 35.9 Å². The summed E-state index contributed by atoms with van der Waals surface area (Å²) in [6.07, 6.45) is 0. The second kappa shape index (κ2) is 15.5. The number of hydrogen-bond donors (Lipinski definition) is 5. The number of nitrogens with one attached hydrogen (secondary N) is 4. The summed E-state index contributed by atoms with van der Waals surface area (Å²) in [4.78, 5) is 124. The number of fused-ring (bicyclic) bond motifs is 2. The molecule has 5 saturated heterocycles. The molecule has 0 radical (unpaired) electrons. The first kappa shape index (κ1) is 35.3. The molecule has 0 aromatic heterocycles. The number of thioether (sulfide) groups is 2. The van der Waals surface area contributed by atoms with Crippen LogP contribution >= 0.6 is 23.5 Å². The van der Waals surface area contributed by atoms with Crippen LogP contribution in [-0.2, 0) is 38.4 Å². The molecule has 312 valence electrons. The predicted molar refractivity (Wildman–Crippen MR) is 213 cm³/mol. The summed E-state index contributed by atoms with van der Waals surface area (Å²) < 4.78 is 36.4. The number of likely N-dealkylation sites (N-methyl/N-ethyl adjacent to an activating group) is 1. The second-order valence-electron chi connectivity index (χ2n) is 15.5. The fraction of sp³-hybridized carbons (Fsp3) is 0.462. The maximum absolute atomic E-state index is 14.3. The SMILES string of the molecule is [2H]C([2H])([2H])C([2H])([2H])N1CCN(C(=O)N[C@@H](C(=O)N[C@@H]2C(=O)N3[C@@H]2SC(C)(C)[C@@H]3C(=O)N[C@@H](C(=O)N[C@@H]2C(=O)N3[C@@H]2SC(C)(C)[C@@H]3C(=O)O)c2ccccc2)c2ccccc2)C(=O)C1=O. The third-order valence-corrected chi connectivity index (χ3v) is 14.0. The van der Waals surface area contributed by atoms with Crippen molar-refractivity contribution in [3.63, 3.8) is 0 Å². The Hall–Kier alpha value is -5.63. The number of urea groups is 1. The normalized spacial score (nSPS) is 29.1. The zero-order chi connectivity index (χ0) is 47.0. The molecular weight excluding hydrogens is 805 g/mol. The highest BCUT2D eigenvalue weighted by molar-refractivity contribution is 8.02. The Kier molecular flexibility index (Phi) is 9.29. The van der Waals surface area contributed by atoms with Crippen LogP contribution in [-0.4, -0.2) is 142 Å². The second-order valence-corrected chi connectivity index (χ2v) is 19.0. The number of β-lactam (4-membered cyclic amide) rings is 2. The van der Waals surface area contributed by atoms with Gasteiger partial charge in [-0.1, -0.05) is 60.7 Å². The van der Waals surface area contributed by atoms with Gasteiger partial charge in [-0.3, -0.25) is 38.5 Å². The number of nitrogens with zero attached hydrogens (tertiary/aromatic N) is 4. The van der Waals surface area contributed by atoms with E-state index in [2.05, 4.69) is 21.3 Å². The topological polar surface area (TPSA) is 235 Å². The van der Waals surface area contributed by atoms with E-state index < -0.39 is 136 Å². The van der Waals surface area contributed by atoms with Gasteiger partial charge >= 0.3 is 23.8 Å². The number of aliphatic carboxylic acids is 1. The number of benzene rings is 2. The first-order valence-corrected chi connectivity index (χ1v) is 20.2. The van der Waals surface area contributed by atoms with Gasteiger partial charge in [-0.25, -0.2) is 9.59 Å². The van der Waals surface area contributed by atoms with Crippen LogP contribution in [0.4, 0.5) is 4.79 Å². The third-order valence-electron chi connectivity index (χ3n) is 10.9. The average molecular weight is 854 g/mol. The number of carboxylic acids is 1. The van der Waals surface area contributed by atoms with Crippen molar-refractivity contribution in [2.45, 2.75) is 91.0 Å². The lowest BCUT2D eigenvalue weighted by atomic mass is 9.93. The summed E-state index contributed by atoms with van der Waals surface area (Å²) in [5.41, 5.74) is 0.571. The van der Waals surface area contributed by atoms with Crippen LogP contribution in [0.1, 0.15) is 64.6 Å². The number of piperazine rings is 1. The predicted octanol–water partition coefficient (Wildman–Crippen LogP) is 0.164. The van der Waals surface area contributed by atoms with E-state index in [1.807, 2.05) is 0 Å². The molecule has 8 atom stereocenters. The number of amides is 9. The molecule has 5 fully saturated rings. The van der Waals surface area contributed by atoms with Crippen molar-refractivity contribution in [1.82, 2.24) is 40.9 Å². The Morgan fingerprint density at radius 2 is 1.22 bits per heavy atom. The smallest absolute Gasteiger partial charge is 0.327 e. The Balaban J connectivity index is 1.04. The number of rotatable bonds is 11. The number of carbonyl (C=O) groups excluding carboxylic acids is 8. The standard InChI is InChI=1S/C39H44N8O10S2/c1-6-44-17-18-45(33(54)32(44)53)37(57)43-22(20-15-11-8-12-16-20)28(49)42-23-30(51)46-25(38(2,3)58-34(23)46)29(50)40-21(19-13-9-7-10-14-19)27(48)41-24-31(52)47-26(36(55)56)39(4,5)59-35(24)47/h7-16,21-26,34-35H,6,17-18H2,1-5H3,(H,40,50)(H,41,48)(H,42,49)(H,43,57)(H,55,56)/t21-,22-,23-,24-,25+,26+,34-,35-/m1/s1/i1D3,6D2. The van der Waals surface area contributed by atoms with Crippen LogP contribution in [0.5, 0.6) is 0 Å². The Morgan fingerprint density at radius 3 is 1.71 bits per heavy atom. The van der Waals surface area contributed by atoms with E-state index in [0.717, 1.165) is 0 Å². The number of carboxylic acid groups (broad SMARTS) is 1. The van der Waals surface area contributed by atoms with E-state index in [9.17, 15) is 48.3 Å². The number of carbonyl (C=O) groups is 9. The molecular formula is C39H44N8O10S2. The number of hydrogen-bond acceptors (Lipinski definition) is 11. The molecule has 5 N–H and O–H groups in total. The van der Waals surface area contributed by atoms with Crippen molar-refractivity contribution >= 4 is 76.9 Å². The first-order valence-electron chi connectivity index (χ1n) is 21.0. The molecule has 5 heterocycles.